The maximum Gasteiger partial charge on any atom is 0.132 e. The molecule has 1 atom stereocenters. The predicted octanol–water partition coefficient (Wildman–Crippen LogP) is 3.58. The smallest absolute Gasteiger partial charge is 0.132 e. The molecule has 0 spiro atoms. The summed E-state index contributed by atoms with van der Waals surface area (Å²) in [5, 5.41) is 0. The third kappa shape index (κ3) is 2.63. The van der Waals surface area contributed by atoms with Gasteiger partial charge in [0.2, 0.25) is 0 Å². The molecule has 0 aromatic heterocycles. The van der Waals surface area contributed by atoms with Crippen LogP contribution >= 0.6 is 15.9 Å². The topological polar surface area (TPSA) is 44.5 Å². The lowest BCUT2D eigenvalue weighted by Crippen LogP contribution is -2.15. The Morgan fingerprint density at radius 3 is 2.81 bits per heavy atom. The van der Waals surface area contributed by atoms with Gasteiger partial charge in [0.25, 0.3) is 0 Å². The summed E-state index contributed by atoms with van der Waals surface area (Å²) < 4.78 is 25.8. The third-order valence-corrected chi connectivity index (χ3v) is 4.11. The van der Waals surface area contributed by atoms with E-state index in [9.17, 15) is 4.39 Å². The number of halogens is 2. The first-order valence-corrected chi connectivity index (χ1v) is 7.43. The molecule has 2 N–H and O–H groups in total. The minimum absolute atomic E-state index is 0.381. The molecule has 0 saturated heterocycles. The molecular formula is C16H15BrFNO2. The van der Waals surface area contributed by atoms with Crippen LogP contribution in [0.25, 0.3) is 0 Å². The second-order valence-electron chi connectivity index (χ2n) is 4.95. The largest absolute Gasteiger partial charge is 0.497 e. The van der Waals surface area contributed by atoms with Gasteiger partial charge in [-0.15, -0.1) is 0 Å². The highest BCUT2D eigenvalue weighted by Gasteiger charge is 2.24. The minimum atomic E-state index is -0.583. The predicted molar refractivity (Wildman–Crippen MR) is 82.3 cm³/mol. The van der Waals surface area contributed by atoms with E-state index < -0.39 is 6.04 Å². The van der Waals surface area contributed by atoms with Crippen LogP contribution in [0.1, 0.15) is 22.7 Å². The van der Waals surface area contributed by atoms with Crippen molar-refractivity contribution in [2.24, 2.45) is 5.73 Å². The molecule has 1 heterocycles. The minimum Gasteiger partial charge on any atom is -0.497 e. The van der Waals surface area contributed by atoms with Crippen molar-refractivity contribution in [2.45, 2.75) is 12.5 Å². The zero-order valence-electron chi connectivity index (χ0n) is 11.5. The van der Waals surface area contributed by atoms with Gasteiger partial charge >= 0.3 is 0 Å². The van der Waals surface area contributed by atoms with Crippen LogP contribution in [0.3, 0.4) is 0 Å². The summed E-state index contributed by atoms with van der Waals surface area (Å²) in [6, 6.07) is 8.02. The molecule has 2 aromatic carbocycles. The van der Waals surface area contributed by atoms with Crippen LogP contribution in [0.4, 0.5) is 4.39 Å². The average molecular weight is 352 g/mol. The van der Waals surface area contributed by atoms with E-state index in [0.29, 0.717) is 17.9 Å². The Balaban J connectivity index is 2.05. The van der Waals surface area contributed by atoms with E-state index in [1.54, 1.807) is 12.1 Å². The molecule has 2 aromatic rings. The van der Waals surface area contributed by atoms with Crippen LogP contribution in [-0.4, -0.2) is 13.7 Å². The highest BCUT2D eigenvalue weighted by atomic mass is 79.9. The van der Waals surface area contributed by atoms with Crippen LogP contribution in [-0.2, 0) is 6.42 Å². The second kappa shape index (κ2) is 5.66. The highest BCUT2D eigenvalue weighted by Crippen LogP contribution is 2.38. The van der Waals surface area contributed by atoms with Gasteiger partial charge in [-0.3, -0.25) is 0 Å². The summed E-state index contributed by atoms with van der Waals surface area (Å²) >= 11 is 3.47. The molecule has 0 bridgehead atoms. The van der Waals surface area contributed by atoms with Crippen molar-refractivity contribution in [1.29, 1.82) is 0 Å². The lowest BCUT2D eigenvalue weighted by Gasteiger charge is -2.17. The van der Waals surface area contributed by atoms with Gasteiger partial charge in [-0.1, -0.05) is 22.0 Å². The van der Waals surface area contributed by atoms with Crippen molar-refractivity contribution in [2.75, 3.05) is 13.7 Å². The lowest BCUT2D eigenvalue weighted by atomic mass is 9.96. The number of nitrogens with two attached hydrogens (primary N) is 1. The molecule has 0 saturated carbocycles. The van der Waals surface area contributed by atoms with E-state index in [-0.39, 0.29) is 5.82 Å². The Morgan fingerprint density at radius 1 is 1.29 bits per heavy atom. The van der Waals surface area contributed by atoms with E-state index in [2.05, 4.69) is 15.9 Å². The molecule has 21 heavy (non-hydrogen) atoms. The molecule has 1 unspecified atom stereocenters. The number of hydrogen-bond donors (Lipinski definition) is 1. The van der Waals surface area contributed by atoms with Crippen molar-refractivity contribution < 1.29 is 13.9 Å². The van der Waals surface area contributed by atoms with E-state index >= 15 is 0 Å². The maximum atomic E-state index is 14.2. The van der Waals surface area contributed by atoms with E-state index in [1.807, 2.05) is 12.1 Å². The van der Waals surface area contributed by atoms with Crippen LogP contribution in [0.5, 0.6) is 11.5 Å². The summed E-state index contributed by atoms with van der Waals surface area (Å²) in [5.74, 6) is 0.869. The van der Waals surface area contributed by atoms with E-state index in [4.69, 9.17) is 15.2 Å². The Morgan fingerprint density at radius 2 is 2.10 bits per heavy atom. The Hall–Kier alpha value is -1.59. The zero-order valence-corrected chi connectivity index (χ0v) is 13.1. The van der Waals surface area contributed by atoms with E-state index in [0.717, 1.165) is 27.8 Å². The van der Waals surface area contributed by atoms with Crippen molar-refractivity contribution in [3.05, 3.63) is 57.3 Å². The van der Waals surface area contributed by atoms with E-state index in [1.165, 1.54) is 13.2 Å². The molecule has 0 amide bonds. The summed E-state index contributed by atoms with van der Waals surface area (Å²) in [7, 11) is 1.50. The van der Waals surface area contributed by atoms with Crippen LogP contribution in [0.15, 0.2) is 34.8 Å². The molecule has 5 heteroatoms. The van der Waals surface area contributed by atoms with Crippen LogP contribution in [0, 0.1) is 5.82 Å². The van der Waals surface area contributed by atoms with Gasteiger partial charge in [0.05, 0.1) is 19.8 Å². The summed E-state index contributed by atoms with van der Waals surface area (Å²) in [5.41, 5.74) is 8.58. The van der Waals surface area contributed by atoms with Gasteiger partial charge in [-0.25, -0.2) is 4.39 Å². The lowest BCUT2D eigenvalue weighted by molar-refractivity contribution is 0.352. The number of methoxy groups -OCH3 is 1. The first-order valence-electron chi connectivity index (χ1n) is 6.64. The van der Waals surface area contributed by atoms with Crippen LogP contribution < -0.4 is 15.2 Å². The van der Waals surface area contributed by atoms with Crippen molar-refractivity contribution >= 4 is 15.9 Å². The number of ether oxygens (including phenoxy) is 2. The Labute approximate surface area is 131 Å². The molecule has 0 radical (unpaired) electrons. The first kappa shape index (κ1) is 14.4. The first-order chi connectivity index (χ1) is 10.1. The van der Waals surface area contributed by atoms with Crippen molar-refractivity contribution in [3.8, 4) is 11.5 Å². The normalized spacial score (nSPS) is 14.5. The third-order valence-electron chi connectivity index (χ3n) is 3.65. The van der Waals surface area contributed by atoms with Gasteiger partial charge in [-0.05, 0) is 23.8 Å². The molecule has 3 nitrogen and oxygen atoms in total. The van der Waals surface area contributed by atoms with Crippen molar-refractivity contribution in [3.63, 3.8) is 0 Å². The van der Waals surface area contributed by atoms with Crippen LogP contribution in [0.2, 0.25) is 0 Å². The monoisotopic (exact) mass is 351 g/mol. The standard InChI is InChI=1S/C16H15BrFNO2/c1-20-11-2-3-12(14(18)8-11)15(19)13-7-10(17)6-9-4-5-21-16(9)13/h2-3,6-8,15H,4-5,19H2,1H3. The van der Waals surface area contributed by atoms with Gasteiger partial charge < -0.3 is 15.2 Å². The summed E-state index contributed by atoms with van der Waals surface area (Å²) in [6.45, 7) is 0.636. The SMILES string of the molecule is COc1ccc(C(N)c2cc(Br)cc3c2OCC3)c(F)c1. The fourth-order valence-corrected chi connectivity index (χ4v) is 3.11. The molecule has 0 fully saturated rings. The fourth-order valence-electron chi connectivity index (χ4n) is 2.58. The van der Waals surface area contributed by atoms with Crippen molar-refractivity contribution in [1.82, 2.24) is 0 Å². The number of fused-ring (bicyclic) bond motifs is 1. The summed E-state index contributed by atoms with van der Waals surface area (Å²) in [6.07, 6.45) is 0.847. The molecule has 3 rings (SSSR count). The second-order valence-corrected chi connectivity index (χ2v) is 5.86. The molecule has 1 aliphatic heterocycles. The zero-order chi connectivity index (χ0) is 15.0. The number of hydrogen-bond acceptors (Lipinski definition) is 3. The average Bonchev–Trinajstić information content (AvgIpc) is 2.93. The van der Waals surface area contributed by atoms with Gasteiger partial charge in [0.15, 0.2) is 0 Å². The van der Waals surface area contributed by atoms with Gasteiger partial charge in [-0.2, -0.15) is 0 Å². The fraction of sp³-hybridized carbons (Fsp3) is 0.250. The summed E-state index contributed by atoms with van der Waals surface area (Å²) in [4.78, 5) is 0. The maximum absolute atomic E-state index is 14.2. The molecular weight excluding hydrogens is 337 g/mol. The molecule has 0 aliphatic carbocycles. The number of benzene rings is 2. The number of rotatable bonds is 3. The Kier molecular flexibility index (Phi) is 3.87. The quantitative estimate of drug-likeness (QED) is 0.918. The van der Waals surface area contributed by atoms with Gasteiger partial charge in [0, 0.05) is 28.1 Å². The molecule has 1 aliphatic rings. The van der Waals surface area contributed by atoms with Gasteiger partial charge in [0.1, 0.15) is 17.3 Å². The Bertz CT molecular complexity index is 690. The molecule has 110 valence electrons. The highest BCUT2D eigenvalue weighted by molar-refractivity contribution is 9.10.